The van der Waals surface area contributed by atoms with Crippen LogP contribution < -0.4 is 0 Å². The molecule has 1 aliphatic heterocycles. The van der Waals surface area contributed by atoms with Crippen LogP contribution >= 0.6 is 34.2 Å². The van der Waals surface area contributed by atoms with Gasteiger partial charge in [0.25, 0.3) is 11.6 Å². The Hall–Kier alpha value is -1.65. The largest absolute Gasteiger partial charge is 0.438 e. The fraction of sp³-hybridized carbons (Fsp3) is 0.176. The molecule has 2 aromatic rings. The normalized spacial score (nSPS) is 20.2. The molecule has 26 heavy (non-hydrogen) atoms. The smallest absolute Gasteiger partial charge is 0.362 e. The van der Waals surface area contributed by atoms with Crippen LogP contribution in [0.5, 0.6) is 0 Å². The molecular weight excluding hydrogens is 484 g/mol. The van der Waals surface area contributed by atoms with Crippen molar-refractivity contribution >= 4 is 45.8 Å². The average molecular weight is 495 g/mol. The maximum Gasteiger partial charge on any atom is 0.438 e. The standard InChI is InChI=1S/C17H11ClF3IN2O2/c18-12-5-1-10(2-6-12)14-9-16(26,17(19,20)21)24(23-14)15(25)11-3-7-13(22)8-4-11/h1-8,26H,9H2/t16-/m0/s1. The maximum atomic E-state index is 13.5. The molecule has 136 valence electrons. The molecule has 3 rings (SSSR count). The molecule has 0 bridgehead atoms. The molecule has 0 aromatic heterocycles. The predicted molar refractivity (Wildman–Crippen MR) is 98.9 cm³/mol. The second kappa shape index (κ2) is 6.82. The van der Waals surface area contributed by atoms with Gasteiger partial charge in [-0.15, -0.1) is 0 Å². The Morgan fingerprint density at radius 2 is 1.73 bits per heavy atom. The number of carbonyl (C=O) groups is 1. The van der Waals surface area contributed by atoms with Crippen molar-refractivity contribution in [3.63, 3.8) is 0 Å². The molecular formula is C17H11ClF3IN2O2. The van der Waals surface area contributed by atoms with Gasteiger partial charge in [-0.3, -0.25) is 4.79 Å². The van der Waals surface area contributed by atoms with Crippen molar-refractivity contribution in [1.29, 1.82) is 0 Å². The number of amides is 1. The highest BCUT2D eigenvalue weighted by atomic mass is 127. The van der Waals surface area contributed by atoms with E-state index in [1.54, 1.807) is 12.1 Å². The van der Waals surface area contributed by atoms with E-state index >= 15 is 0 Å². The van der Waals surface area contributed by atoms with Crippen LogP contribution in [0.3, 0.4) is 0 Å². The summed E-state index contributed by atoms with van der Waals surface area (Å²) in [6.45, 7) is 0. The van der Waals surface area contributed by atoms with Crippen LogP contribution in [0, 0.1) is 3.57 Å². The van der Waals surface area contributed by atoms with E-state index in [0.29, 0.717) is 10.6 Å². The summed E-state index contributed by atoms with van der Waals surface area (Å²) >= 11 is 7.79. The van der Waals surface area contributed by atoms with Gasteiger partial charge >= 0.3 is 6.18 Å². The number of hydrazone groups is 1. The number of carbonyl (C=O) groups excluding carboxylic acids is 1. The summed E-state index contributed by atoms with van der Waals surface area (Å²) in [5.74, 6) is -1.04. The maximum absolute atomic E-state index is 13.5. The molecule has 4 nitrogen and oxygen atoms in total. The van der Waals surface area contributed by atoms with Gasteiger partial charge in [0, 0.05) is 14.2 Å². The topological polar surface area (TPSA) is 52.9 Å². The van der Waals surface area contributed by atoms with E-state index in [1.807, 2.05) is 22.6 Å². The molecule has 0 fully saturated rings. The summed E-state index contributed by atoms with van der Waals surface area (Å²) < 4.78 is 41.5. The number of aliphatic hydroxyl groups is 1. The lowest BCUT2D eigenvalue weighted by atomic mass is 10.0. The van der Waals surface area contributed by atoms with Gasteiger partial charge in [0.15, 0.2) is 0 Å². The van der Waals surface area contributed by atoms with Crippen LogP contribution in [0.4, 0.5) is 13.2 Å². The van der Waals surface area contributed by atoms with Gasteiger partial charge in [-0.05, 0) is 64.6 Å². The molecule has 1 N–H and O–H groups in total. The average Bonchev–Trinajstić information content (AvgIpc) is 2.94. The first-order chi connectivity index (χ1) is 12.1. The van der Waals surface area contributed by atoms with Crippen LogP contribution in [-0.4, -0.2) is 33.6 Å². The number of hydrogen-bond donors (Lipinski definition) is 1. The Kier molecular flexibility index (Phi) is 5.02. The van der Waals surface area contributed by atoms with Gasteiger partial charge in [0.1, 0.15) is 0 Å². The highest BCUT2D eigenvalue weighted by Gasteiger charge is 2.63. The van der Waals surface area contributed by atoms with Crippen molar-refractivity contribution in [1.82, 2.24) is 5.01 Å². The quantitative estimate of drug-likeness (QED) is 0.628. The minimum atomic E-state index is -5.08. The Labute approximate surface area is 165 Å². The monoisotopic (exact) mass is 494 g/mol. The second-order valence-electron chi connectivity index (χ2n) is 5.67. The van der Waals surface area contributed by atoms with Gasteiger partial charge in [-0.25, -0.2) is 0 Å². The van der Waals surface area contributed by atoms with E-state index < -0.39 is 24.2 Å². The first-order valence-electron chi connectivity index (χ1n) is 7.34. The lowest BCUT2D eigenvalue weighted by Gasteiger charge is -2.32. The molecule has 1 aliphatic rings. The van der Waals surface area contributed by atoms with Gasteiger partial charge in [0.05, 0.1) is 12.1 Å². The van der Waals surface area contributed by atoms with E-state index in [0.717, 1.165) is 3.57 Å². The molecule has 0 radical (unpaired) electrons. The Bertz CT molecular complexity index is 869. The van der Waals surface area contributed by atoms with E-state index in [9.17, 15) is 23.1 Å². The van der Waals surface area contributed by atoms with Gasteiger partial charge in [0.2, 0.25) is 0 Å². The van der Waals surface area contributed by atoms with Crippen LogP contribution in [0.15, 0.2) is 53.6 Å². The van der Waals surface area contributed by atoms with Crippen LogP contribution in [0.2, 0.25) is 5.02 Å². The molecule has 0 unspecified atom stereocenters. The summed E-state index contributed by atoms with van der Waals surface area (Å²) in [6, 6.07) is 11.9. The fourth-order valence-corrected chi connectivity index (χ4v) is 2.98. The highest BCUT2D eigenvalue weighted by Crippen LogP contribution is 2.42. The number of halogens is 5. The van der Waals surface area contributed by atoms with Crippen molar-refractivity contribution in [2.45, 2.75) is 18.3 Å². The van der Waals surface area contributed by atoms with E-state index in [-0.39, 0.29) is 16.3 Å². The minimum absolute atomic E-state index is 0.00537. The molecule has 0 saturated heterocycles. The van der Waals surface area contributed by atoms with Gasteiger partial charge in [-0.2, -0.15) is 23.3 Å². The summed E-state index contributed by atoms with van der Waals surface area (Å²) in [5.41, 5.74) is -3.13. The Balaban J connectivity index is 2.03. The zero-order valence-corrected chi connectivity index (χ0v) is 15.9. The van der Waals surface area contributed by atoms with Crippen molar-refractivity contribution in [2.75, 3.05) is 0 Å². The predicted octanol–water partition coefficient (Wildman–Crippen LogP) is 4.45. The SMILES string of the molecule is O=C(c1ccc(I)cc1)N1N=C(c2ccc(Cl)cc2)C[C@]1(O)C(F)(F)F. The molecule has 1 atom stereocenters. The number of alkyl halides is 3. The lowest BCUT2D eigenvalue weighted by molar-refractivity contribution is -0.297. The third-order valence-electron chi connectivity index (χ3n) is 3.90. The molecule has 1 amide bonds. The number of hydrogen-bond acceptors (Lipinski definition) is 3. The van der Waals surface area contributed by atoms with E-state index in [2.05, 4.69) is 5.10 Å². The zero-order valence-electron chi connectivity index (χ0n) is 13.0. The van der Waals surface area contributed by atoms with Gasteiger partial charge < -0.3 is 5.11 Å². The van der Waals surface area contributed by atoms with E-state index in [4.69, 9.17) is 11.6 Å². The fourth-order valence-electron chi connectivity index (χ4n) is 2.50. The molecule has 2 aromatic carbocycles. The molecule has 1 heterocycles. The Morgan fingerprint density at radius 3 is 2.27 bits per heavy atom. The Morgan fingerprint density at radius 1 is 1.15 bits per heavy atom. The summed E-state index contributed by atoms with van der Waals surface area (Å²) in [4.78, 5) is 12.6. The number of rotatable bonds is 2. The third-order valence-corrected chi connectivity index (χ3v) is 4.87. The third kappa shape index (κ3) is 3.45. The van der Waals surface area contributed by atoms with Crippen molar-refractivity contribution in [3.8, 4) is 0 Å². The lowest BCUT2D eigenvalue weighted by Crippen LogP contribution is -2.56. The van der Waals surface area contributed by atoms with Crippen LogP contribution in [-0.2, 0) is 0 Å². The summed E-state index contributed by atoms with van der Waals surface area (Å²) in [5, 5.41) is 14.6. The first-order valence-corrected chi connectivity index (χ1v) is 8.80. The molecule has 9 heteroatoms. The molecule has 0 saturated carbocycles. The number of benzene rings is 2. The van der Waals surface area contributed by atoms with E-state index in [1.165, 1.54) is 36.4 Å². The van der Waals surface area contributed by atoms with Crippen molar-refractivity contribution in [3.05, 3.63) is 68.3 Å². The van der Waals surface area contributed by atoms with Gasteiger partial charge in [-0.1, -0.05) is 23.7 Å². The zero-order chi connectivity index (χ0) is 19.1. The van der Waals surface area contributed by atoms with Crippen LogP contribution in [0.25, 0.3) is 0 Å². The second-order valence-corrected chi connectivity index (χ2v) is 7.35. The van der Waals surface area contributed by atoms with Crippen molar-refractivity contribution < 1.29 is 23.1 Å². The molecule has 0 aliphatic carbocycles. The number of nitrogens with zero attached hydrogens (tertiary/aromatic N) is 2. The first kappa shape index (κ1) is 19.1. The highest BCUT2D eigenvalue weighted by molar-refractivity contribution is 14.1. The van der Waals surface area contributed by atoms with Crippen molar-refractivity contribution in [2.24, 2.45) is 5.10 Å². The minimum Gasteiger partial charge on any atom is -0.362 e. The summed E-state index contributed by atoms with van der Waals surface area (Å²) in [6.07, 6.45) is -5.95. The molecule has 0 spiro atoms. The van der Waals surface area contributed by atoms with Crippen LogP contribution in [0.1, 0.15) is 22.3 Å². The summed E-state index contributed by atoms with van der Waals surface area (Å²) in [7, 11) is 0.